The summed E-state index contributed by atoms with van der Waals surface area (Å²) in [6, 6.07) is 17.9. The van der Waals surface area contributed by atoms with Crippen LogP contribution in [0.25, 0.3) is 11.1 Å². The van der Waals surface area contributed by atoms with E-state index < -0.39 is 12.2 Å². The largest absolute Gasteiger partial charge is 0.394 e. The van der Waals surface area contributed by atoms with Crippen LogP contribution in [0.3, 0.4) is 0 Å². The molecule has 1 fully saturated rings. The van der Waals surface area contributed by atoms with Crippen molar-refractivity contribution in [3.8, 4) is 11.1 Å². The average molecular weight is 435 g/mol. The van der Waals surface area contributed by atoms with Crippen molar-refractivity contribution in [2.24, 2.45) is 5.92 Å². The van der Waals surface area contributed by atoms with E-state index in [1.165, 1.54) is 0 Å². The molecule has 6 nitrogen and oxygen atoms in total. The van der Waals surface area contributed by atoms with Crippen LogP contribution in [0.15, 0.2) is 66.7 Å². The van der Waals surface area contributed by atoms with Gasteiger partial charge < -0.3 is 20.5 Å². The van der Waals surface area contributed by atoms with E-state index in [2.05, 4.69) is 22.8 Å². The average Bonchev–Trinajstić information content (AvgIpc) is 3.63. The SMILES string of the molecule is O=C(C[C@@H]1C=C[C@H](NC(=O)CC2CC2)[C@@H](CO)O1)NCc1ccc(-c2ccccc2)cc1. The first kappa shape index (κ1) is 22.2. The maximum atomic E-state index is 12.4. The summed E-state index contributed by atoms with van der Waals surface area (Å²) in [5.74, 6) is 0.362. The van der Waals surface area contributed by atoms with E-state index >= 15 is 0 Å². The normalized spacial score (nSPS) is 22.3. The van der Waals surface area contributed by atoms with Gasteiger partial charge in [0.1, 0.15) is 6.10 Å². The van der Waals surface area contributed by atoms with Gasteiger partial charge in [-0.15, -0.1) is 0 Å². The van der Waals surface area contributed by atoms with Crippen molar-refractivity contribution in [1.29, 1.82) is 0 Å². The molecular formula is C26H30N2O4. The summed E-state index contributed by atoms with van der Waals surface area (Å²) in [6.45, 7) is 0.220. The highest BCUT2D eigenvalue weighted by atomic mass is 16.5. The first-order chi connectivity index (χ1) is 15.6. The zero-order valence-corrected chi connectivity index (χ0v) is 18.1. The Bertz CT molecular complexity index is 938. The molecule has 0 saturated heterocycles. The number of benzene rings is 2. The van der Waals surface area contributed by atoms with E-state index in [1.54, 1.807) is 6.08 Å². The van der Waals surface area contributed by atoms with Gasteiger partial charge in [0.25, 0.3) is 0 Å². The number of carbonyl (C=O) groups excluding carboxylic acids is 2. The van der Waals surface area contributed by atoms with Crippen LogP contribution in [0.4, 0.5) is 0 Å². The Hall–Kier alpha value is -2.96. The minimum atomic E-state index is -0.550. The van der Waals surface area contributed by atoms with Crippen LogP contribution in [0.5, 0.6) is 0 Å². The molecule has 1 heterocycles. The number of aliphatic hydroxyl groups is 1. The molecule has 1 aliphatic heterocycles. The fourth-order valence-electron chi connectivity index (χ4n) is 3.87. The van der Waals surface area contributed by atoms with Crippen LogP contribution in [-0.2, 0) is 20.9 Å². The number of hydrogen-bond donors (Lipinski definition) is 3. The van der Waals surface area contributed by atoms with Crippen molar-refractivity contribution in [1.82, 2.24) is 10.6 Å². The van der Waals surface area contributed by atoms with Crippen molar-refractivity contribution >= 4 is 11.8 Å². The van der Waals surface area contributed by atoms with Crippen LogP contribution in [0.1, 0.15) is 31.2 Å². The van der Waals surface area contributed by atoms with Crippen LogP contribution in [0, 0.1) is 5.92 Å². The molecule has 3 atom stereocenters. The van der Waals surface area contributed by atoms with Gasteiger partial charge in [-0.25, -0.2) is 0 Å². The predicted octanol–water partition coefficient (Wildman–Crippen LogP) is 2.96. The first-order valence-electron chi connectivity index (χ1n) is 11.3. The predicted molar refractivity (Wildman–Crippen MR) is 123 cm³/mol. The maximum Gasteiger partial charge on any atom is 0.223 e. The Balaban J connectivity index is 1.24. The monoisotopic (exact) mass is 434 g/mol. The van der Waals surface area contributed by atoms with Gasteiger partial charge in [-0.1, -0.05) is 66.7 Å². The van der Waals surface area contributed by atoms with E-state index in [0.29, 0.717) is 18.9 Å². The lowest BCUT2D eigenvalue weighted by Crippen LogP contribution is -2.49. The van der Waals surface area contributed by atoms with Crippen LogP contribution >= 0.6 is 0 Å². The van der Waals surface area contributed by atoms with Gasteiger partial charge >= 0.3 is 0 Å². The molecule has 1 aliphatic carbocycles. The lowest BCUT2D eigenvalue weighted by molar-refractivity contribution is -0.128. The number of rotatable bonds is 9. The summed E-state index contributed by atoms with van der Waals surface area (Å²) in [6.07, 6.45) is 5.57. The van der Waals surface area contributed by atoms with Gasteiger partial charge in [-0.2, -0.15) is 0 Å². The zero-order valence-electron chi connectivity index (χ0n) is 18.1. The van der Waals surface area contributed by atoms with Gasteiger partial charge in [0.2, 0.25) is 11.8 Å². The summed E-state index contributed by atoms with van der Waals surface area (Å²) >= 11 is 0. The van der Waals surface area contributed by atoms with Crippen molar-refractivity contribution in [3.63, 3.8) is 0 Å². The molecular weight excluding hydrogens is 404 g/mol. The quantitative estimate of drug-likeness (QED) is 0.530. The Morgan fingerprint density at radius 3 is 2.31 bits per heavy atom. The van der Waals surface area contributed by atoms with E-state index in [-0.39, 0.29) is 30.9 Å². The number of amides is 2. The molecule has 2 amide bonds. The Morgan fingerprint density at radius 1 is 0.906 bits per heavy atom. The third kappa shape index (κ3) is 6.28. The summed E-state index contributed by atoms with van der Waals surface area (Å²) in [7, 11) is 0. The summed E-state index contributed by atoms with van der Waals surface area (Å²) in [5, 5.41) is 15.5. The van der Waals surface area contributed by atoms with Crippen molar-refractivity contribution in [3.05, 3.63) is 72.3 Å². The topological polar surface area (TPSA) is 87.7 Å². The van der Waals surface area contributed by atoms with E-state index in [9.17, 15) is 14.7 Å². The fourth-order valence-corrected chi connectivity index (χ4v) is 3.87. The number of nitrogens with one attached hydrogen (secondary N) is 2. The van der Waals surface area contributed by atoms with Crippen LogP contribution < -0.4 is 10.6 Å². The molecule has 0 unspecified atom stereocenters. The maximum absolute atomic E-state index is 12.4. The number of carbonyl (C=O) groups is 2. The second kappa shape index (κ2) is 10.6. The van der Waals surface area contributed by atoms with E-state index in [0.717, 1.165) is 29.5 Å². The van der Waals surface area contributed by atoms with Crippen molar-refractivity contribution < 1.29 is 19.4 Å². The molecule has 4 rings (SSSR count). The molecule has 0 aromatic heterocycles. The molecule has 2 aliphatic rings. The lowest BCUT2D eigenvalue weighted by atomic mass is 10.0. The lowest BCUT2D eigenvalue weighted by Gasteiger charge is -2.31. The van der Waals surface area contributed by atoms with E-state index in [1.807, 2.05) is 48.5 Å². The molecule has 32 heavy (non-hydrogen) atoms. The van der Waals surface area contributed by atoms with Gasteiger partial charge in [0.15, 0.2) is 0 Å². The minimum Gasteiger partial charge on any atom is -0.394 e. The fraction of sp³-hybridized carbons (Fsp3) is 0.385. The molecule has 6 heteroatoms. The minimum absolute atomic E-state index is 0.0151. The molecule has 1 saturated carbocycles. The molecule has 2 aromatic rings. The summed E-state index contributed by atoms with van der Waals surface area (Å²) < 4.78 is 5.84. The van der Waals surface area contributed by atoms with Gasteiger partial charge in [-0.05, 0) is 35.4 Å². The third-order valence-electron chi connectivity index (χ3n) is 5.90. The van der Waals surface area contributed by atoms with Crippen LogP contribution in [0.2, 0.25) is 0 Å². The molecule has 0 bridgehead atoms. The number of aliphatic hydroxyl groups excluding tert-OH is 1. The smallest absolute Gasteiger partial charge is 0.223 e. The Morgan fingerprint density at radius 2 is 1.62 bits per heavy atom. The van der Waals surface area contributed by atoms with Gasteiger partial charge in [0, 0.05) is 13.0 Å². The second-order valence-corrected chi connectivity index (χ2v) is 8.57. The van der Waals surface area contributed by atoms with Crippen molar-refractivity contribution in [2.45, 2.75) is 50.5 Å². The molecule has 0 radical (unpaired) electrons. The summed E-state index contributed by atoms with van der Waals surface area (Å²) in [5.41, 5.74) is 3.31. The highest BCUT2D eigenvalue weighted by molar-refractivity contribution is 5.78. The molecule has 2 aromatic carbocycles. The van der Waals surface area contributed by atoms with Crippen LogP contribution in [-0.4, -0.2) is 41.8 Å². The number of ether oxygens (including phenoxy) is 1. The molecule has 168 valence electrons. The summed E-state index contributed by atoms with van der Waals surface area (Å²) in [4.78, 5) is 24.5. The molecule has 0 spiro atoms. The Kier molecular flexibility index (Phi) is 7.35. The molecule has 3 N–H and O–H groups in total. The highest BCUT2D eigenvalue weighted by Crippen LogP contribution is 2.32. The third-order valence-corrected chi connectivity index (χ3v) is 5.90. The van der Waals surface area contributed by atoms with Gasteiger partial charge in [-0.3, -0.25) is 9.59 Å². The number of hydrogen-bond acceptors (Lipinski definition) is 4. The van der Waals surface area contributed by atoms with Gasteiger partial charge in [0.05, 0.1) is 25.2 Å². The first-order valence-corrected chi connectivity index (χ1v) is 11.3. The van der Waals surface area contributed by atoms with E-state index in [4.69, 9.17) is 4.74 Å². The second-order valence-electron chi connectivity index (χ2n) is 8.57. The highest BCUT2D eigenvalue weighted by Gasteiger charge is 2.31. The zero-order chi connectivity index (χ0) is 22.3. The standard InChI is InChI=1S/C26H30N2O4/c29-17-24-23(28-26(31)14-18-6-7-18)13-12-22(32-24)15-25(30)27-16-19-8-10-21(11-9-19)20-4-2-1-3-5-20/h1-5,8-13,18,22-24,29H,6-7,14-17H2,(H,27,30)(H,28,31)/t22-,23-,24+/m0/s1. The Labute approximate surface area is 188 Å². The van der Waals surface area contributed by atoms with Crippen molar-refractivity contribution in [2.75, 3.05) is 6.61 Å².